The summed E-state index contributed by atoms with van der Waals surface area (Å²) in [7, 11) is -3.86. The van der Waals surface area contributed by atoms with Gasteiger partial charge in [0, 0.05) is 27.7 Å². The van der Waals surface area contributed by atoms with Gasteiger partial charge in [0.1, 0.15) is 12.7 Å². The Kier molecular flexibility index (Phi) is 8.98. The summed E-state index contributed by atoms with van der Waals surface area (Å²) >= 11 is 0. The van der Waals surface area contributed by atoms with Crippen LogP contribution >= 0.6 is 0 Å². The van der Waals surface area contributed by atoms with E-state index in [2.05, 4.69) is 4.72 Å². The van der Waals surface area contributed by atoms with Crippen molar-refractivity contribution >= 4 is 33.9 Å². The van der Waals surface area contributed by atoms with Gasteiger partial charge in [-0.1, -0.05) is 0 Å². The molecule has 5 atom stereocenters. The Labute approximate surface area is 168 Å². The molecular formula is C16H25NO11S. The van der Waals surface area contributed by atoms with Gasteiger partial charge in [0.05, 0.1) is 5.75 Å². The quantitative estimate of drug-likeness (QED) is 0.365. The van der Waals surface area contributed by atoms with E-state index in [4.69, 9.17) is 23.7 Å². The highest BCUT2D eigenvalue weighted by atomic mass is 32.2. The molecule has 0 radical (unpaired) electrons. The van der Waals surface area contributed by atoms with Crippen LogP contribution in [-0.2, 0) is 52.9 Å². The van der Waals surface area contributed by atoms with Crippen LogP contribution in [0.4, 0.5) is 0 Å². The summed E-state index contributed by atoms with van der Waals surface area (Å²) in [4.78, 5) is 46.0. The van der Waals surface area contributed by atoms with Crippen molar-refractivity contribution < 1.29 is 51.3 Å². The Morgan fingerprint density at radius 3 is 1.76 bits per heavy atom. The molecule has 0 aromatic heterocycles. The highest BCUT2D eigenvalue weighted by Crippen LogP contribution is 2.28. The summed E-state index contributed by atoms with van der Waals surface area (Å²) in [6.07, 6.45) is -6.97. The SMILES string of the molecule is CCS(=O)(=O)N[C@@H]1O[C@H](COC(C)=O)[C@H](OC(C)=O)[C@H](OC(C)=O)[C@H]1OC(C)=O. The Morgan fingerprint density at radius 2 is 1.31 bits per heavy atom. The predicted octanol–water partition coefficient (Wildman–Crippen LogP) is -0.991. The average Bonchev–Trinajstić information content (AvgIpc) is 2.57. The molecule has 0 saturated carbocycles. The molecule has 0 bridgehead atoms. The molecule has 1 N–H and O–H groups in total. The fourth-order valence-electron chi connectivity index (χ4n) is 2.58. The summed E-state index contributed by atoms with van der Waals surface area (Å²) < 4.78 is 52.3. The lowest BCUT2D eigenvalue weighted by Gasteiger charge is -2.44. The third-order valence-electron chi connectivity index (χ3n) is 3.67. The number of esters is 4. The van der Waals surface area contributed by atoms with Crippen LogP contribution < -0.4 is 4.72 Å². The highest BCUT2D eigenvalue weighted by Gasteiger charge is 2.52. The van der Waals surface area contributed by atoms with Crippen LogP contribution in [0, 0.1) is 0 Å². The Bertz CT molecular complexity index is 735. The van der Waals surface area contributed by atoms with Crippen LogP contribution in [0.5, 0.6) is 0 Å². The van der Waals surface area contributed by atoms with Crippen LogP contribution in [0.2, 0.25) is 0 Å². The standard InChI is InChI=1S/C16H25NO11S/c1-6-29(22,23)17-16-15(27-11(5)21)14(26-10(4)20)13(25-9(3)19)12(28-16)7-24-8(2)18/h12-17H,6-7H2,1-5H3/t12-,13+,14+,15-,16-/m1/s1. The van der Waals surface area contributed by atoms with Gasteiger partial charge in [-0.2, -0.15) is 4.72 Å². The van der Waals surface area contributed by atoms with Gasteiger partial charge in [0.15, 0.2) is 24.5 Å². The largest absolute Gasteiger partial charge is 0.463 e. The molecule has 12 nitrogen and oxygen atoms in total. The normalized spacial score (nSPS) is 26.9. The third-order valence-corrected chi connectivity index (χ3v) is 5.02. The second-order valence-corrected chi connectivity index (χ2v) is 8.18. The molecule has 0 aromatic carbocycles. The topological polar surface area (TPSA) is 161 Å². The molecule has 0 unspecified atom stereocenters. The summed E-state index contributed by atoms with van der Waals surface area (Å²) in [6.45, 7) is 5.27. The first kappa shape index (κ1) is 24.8. The number of sulfonamides is 1. The zero-order valence-electron chi connectivity index (χ0n) is 16.7. The second kappa shape index (κ2) is 10.5. The molecule has 29 heavy (non-hydrogen) atoms. The van der Waals surface area contributed by atoms with E-state index < -0.39 is 71.2 Å². The predicted molar refractivity (Wildman–Crippen MR) is 94.6 cm³/mol. The van der Waals surface area contributed by atoms with E-state index in [1.807, 2.05) is 0 Å². The summed E-state index contributed by atoms with van der Waals surface area (Å²) in [6, 6.07) is 0. The average molecular weight is 439 g/mol. The van der Waals surface area contributed by atoms with E-state index in [9.17, 15) is 27.6 Å². The maximum atomic E-state index is 12.0. The molecule has 0 spiro atoms. The van der Waals surface area contributed by atoms with Crippen LogP contribution in [0.25, 0.3) is 0 Å². The number of hydrogen-bond donors (Lipinski definition) is 1. The number of carbonyl (C=O) groups is 4. The molecule has 0 aromatic rings. The molecule has 166 valence electrons. The van der Waals surface area contributed by atoms with Crippen molar-refractivity contribution in [2.24, 2.45) is 0 Å². The molecule has 13 heteroatoms. The fraction of sp³-hybridized carbons (Fsp3) is 0.750. The Balaban J connectivity index is 3.39. The second-order valence-electron chi connectivity index (χ2n) is 6.14. The lowest BCUT2D eigenvalue weighted by atomic mass is 9.97. The first-order valence-corrected chi connectivity index (χ1v) is 10.3. The lowest BCUT2D eigenvalue weighted by Crippen LogP contribution is -2.66. The number of hydrogen-bond acceptors (Lipinski definition) is 11. The molecule has 1 fully saturated rings. The zero-order valence-corrected chi connectivity index (χ0v) is 17.5. The van der Waals surface area contributed by atoms with E-state index in [1.165, 1.54) is 6.92 Å². The first-order chi connectivity index (χ1) is 13.4. The van der Waals surface area contributed by atoms with Crippen LogP contribution in [-0.4, -0.2) is 75.3 Å². The van der Waals surface area contributed by atoms with Gasteiger partial charge in [-0.05, 0) is 6.92 Å². The minimum absolute atomic E-state index is 0.320. The maximum absolute atomic E-state index is 12.0. The first-order valence-electron chi connectivity index (χ1n) is 8.66. The summed E-state index contributed by atoms with van der Waals surface area (Å²) in [5, 5.41) is 0. The molecule has 1 aliphatic rings. The highest BCUT2D eigenvalue weighted by molar-refractivity contribution is 7.89. The van der Waals surface area contributed by atoms with E-state index in [0.717, 1.165) is 27.7 Å². The van der Waals surface area contributed by atoms with Crippen molar-refractivity contribution in [1.82, 2.24) is 4.72 Å². The van der Waals surface area contributed by atoms with Gasteiger partial charge in [0.2, 0.25) is 10.0 Å². The van der Waals surface area contributed by atoms with Crippen molar-refractivity contribution in [2.75, 3.05) is 12.4 Å². The van der Waals surface area contributed by atoms with Crippen LogP contribution in [0.1, 0.15) is 34.6 Å². The Morgan fingerprint density at radius 1 is 0.828 bits per heavy atom. The lowest BCUT2D eigenvalue weighted by molar-refractivity contribution is -0.254. The Hall–Kier alpha value is -2.25. The van der Waals surface area contributed by atoms with Gasteiger partial charge in [-0.15, -0.1) is 0 Å². The van der Waals surface area contributed by atoms with Gasteiger partial charge < -0.3 is 23.7 Å². The smallest absolute Gasteiger partial charge is 0.303 e. The number of nitrogens with one attached hydrogen (secondary N) is 1. The summed E-state index contributed by atoms with van der Waals surface area (Å²) in [5.74, 6) is -3.41. The van der Waals surface area contributed by atoms with Crippen molar-refractivity contribution in [3.05, 3.63) is 0 Å². The van der Waals surface area contributed by atoms with E-state index in [0.29, 0.717) is 0 Å². The van der Waals surface area contributed by atoms with Gasteiger partial charge >= 0.3 is 23.9 Å². The van der Waals surface area contributed by atoms with E-state index in [-0.39, 0.29) is 5.75 Å². The van der Waals surface area contributed by atoms with Gasteiger partial charge in [-0.25, -0.2) is 8.42 Å². The molecule has 0 aliphatic carbocycles. The number of ether oxygens (including phenoxy) is 5. The summed E-state index contributed by atoms with van der Waals surface area (Å²) in [5.41, 5.74) is 0. The fourth-order valence-corrected chi connectivity index (χ4v) is 3.29. The maximum Gasteiger partial charge on any atom is 0.303 e. The van der Waals surface area contributed by atoms with Crippen LogP contribution in [0.15, 0.2) is 0 Å². The minimum Gasteiger partial charge on any atom is -0.463 e. The number of carbonyl (C=O) groups excluding carboxylic acids is 4. The number of rotatable bonds is 8. The monoisotopic (exact) mass is 439 g/mol. The molecule has 0 amide bonds. The minimum atomic E-state index is -3.86. The molecule has 1 aliphatic heterocycles. The van der Waals surface area contributed by atoms with Crippen molar-refractivity contribution in [3.8, 4) is 0 Å². The molecule has 1 saturated heterocycles. The molecule has 1 rings (SSSR count). The molecular weight excluding hydrogens is 414 g/mol. The van der Waals surface area contributed by atoms with Crippen LogP contribution in [0.3, 0.4) is 0 Å². The molecule has 1 heterocycles. The van der Waals surface area contributed by atoms with Crippen molar-refractivity contribution in [1.29, 1.82) is 0 Å². The van der Waals surface area contributed by atoms with Crippen molar-refractivity contribution in [2.45, 2.75) is 65.3 Å². The van der Waals surface area contributed by atoms with Gasteiger partial charge in [0.25, 0.3) is 0 Å². The van der Waals surface area contributed by atoms with Gasteiger partial charge in [-0.3, -0.25) is 19.2 Å². The third kappa shape index (κ3) is 7.95. The van der Waals surface area contributed by atoms with E-state index in [1.54, 1.807) is 0 Å². The van der Waals surface area contributed by atoms with E-state index >= 15 is 0 Å². The van der Waals surface area contributed by atoms with Crippen molar-refractivity contribution in [3.63, 3.8) is 0 Å². The zero-order chi connectivity index (χ0) is 22.4.